The van der Waals surface area contributed by atoms with Crippen LogP contribution in [0, 0.1) is 10.1 Å². The summed E-state index contributed by atoms with van der Waals surface area (Å²) in [4.78, 5) is 24.4. The average molecular weight is 356 g/mol. The van der Waals surface area contributed by atoms with Crippen LogP contribution in [0.5, 0.6) is 5.75 Å². The van der Waals surface area contributed by atoms with Gasteiger partial charge in [-0.05, 0) is 48.4 Å². The Morgan fingerprint density at radius 1 is 1.19 bits per heavy atom. The van der Waals surface area contributed by atoms with Crippen molar-refractivity contribution in [2.75, 3.05) is 19.6 Å². The average Bonchev–Trinajstić information content (AvgIpc) is 3.05. The van der Waals surface area contributed by atoms with E-state index in [1.54, 1.807) is 36.4 Å². The van der Waals surface area contributed by atoms with Crippen LogP contribution in [0.3, 0.4) is 0 Å². The van der Waals surface area contributed by atoms with Crippen LogP contribution in [0.15, 0.2) is 48.5 Å². The fraction of sp³-hybridized carbons (Fsp3) is 0.316. The number of non-ortho nitro benzene ring substituents is 1. The summed E-state index contributed by atoms with van der Waals surface area (Å²) < 4.78 is 5.65. The summed E-state index contributed by atoms with van der Waals surface area (Å²) in [5, 5.41) is 20.1. The van der Waals surface area contributed by atoms with E-state index in [1.807, 2.05) is 4.90 Å². The second kappa shape index (κ2) is 8.07. The van der Waals surface area contributed by atoms with Crippen molar-refractivity contribution in [2.45, 2.75) is 19.1 Å². The molecule has 26 heavy (non-hydrogen) atoms. The first-order chi connectivity index (χ1) is 12.5. The van der Waals surface area contributed by atoms with Crippen molar-refractivity contribution >= 4 is 11.5 Å². The van der Waals surface area contributed by atoms with Gasteiger partial charge in [0.05, 0.1) is 17.6 Å². The molecule has 0 aliphatic carbocycles. The van der Waals surface area contributed by atoms with Gasteiger partial charge in [-0.15, -0.1) is 0 Å². The summed E-state index contributed by atoms with van der Waals surface area (Å²) in [7, 11) is 0. The lowest BCUT2D eigenvalue weighted by atomic mass is 10.1. The number of nitro benzene ring substituents is 1. The Balaban J connectivity index is 1.52. The van der Waals surface area contributed by atoms with E-state index < -0.39 is 4.92 Å². The molecule has 1 atom stereocenters. The number of carbonyl (C=O) groups is 1. The van der Waals surface area contributed by atoms with Crippen LogP contribution in [-0.4, -0.2) is 46.5 Å². The number of ether oxygens (including phenoxy) is 1. The molecule has 1 aliphatic heterocycles. The highest BCUT2D eigenvalue weighted by atomic mass is 16.6. The van der Waals surface area contributed by atoms with Gasteiger partial charge >= 0.3 is 0 Å². The van der Waals surface area contributed by atoms with Crippen molar-refractivity contribution in [3.8, 4) is 5.75 Å². The predicted molar refractivity (Wildman–Crippen MR) is 95.3 cm³/mol. The van der Waals surface area contributed by atoms with Gasteiger partial charge in [0.1, 0.15) is 12.4 Å². The first-order valence-electron chi connectivity index (χ1n) is 8.41. The molecule has 1 unspecified atom stereocenters. The molecule has 0 bridgehead atoms. The number of aliphatic hydroxyl groups excluding tert-OH is 1. The number of benzene rings is 2. The Kier molecular flexibility index (Phi) is 5.60. The third-order valence-corrected chi connectivity index (χ3v) is 4.34. The van der Waals surface area contributed by atoms with Gasteiger partial charge in [0.25, 0.3) is 5.69 Å². The van der Waals surface area contributed by atoms with E-state index in [0.29, 0.717) is 30.8 Å². The monoisotopic (exact) mass is 356 g/mol. The van der Waals surface area contributed by atoms with Crippen LogP contribution >= 0.6 is 0 Å². The van der Waals surface area contributed by atoms with Gasteiger partial charge in [0.15, 0.2) is 5.78 Å². The zero-order valence-electron chi connectivity index (χ0n) is 14.2. The van der Waals surface area contributed by atoms with Crippen molar-refractivity contribution in [1.82, 2.24) is 4.90 Å². The lowest BCUT2D eigenvalue weighted by molar-refractivity contribution is -0.384. The van der Waals surface area contributed by atoms with Crippen LogP contribution in [-0.2, 0) is 6.61 Å². The number of nitrogens with zero attached hydrogens (tertiary/aromatic N) is 2. The van der Waals surface area contributed by atoms with Crippen LogP contribution < -0.4 is 4.74 Å². The highest BCUT2D eigenvalue weighted by Gasteiger charge is 2.22. The highest BCUT2D eigenvalue weighted by molar-refractivity contribution is 5.97. The van der Waals surface area contributed by atoms with E-state index in [0.717, 1.165) is 12.1 Å². The molecular weight excluding hydrogens is 336 g/mol. The molecule has 1 heterocycles. The second-order valence-corrected chi connectivity index (χ2v) is 6.34. The SMILES string of the molecule is O=C(CN1CCC(O)C1)c1ccc(OCc2ccc([N+](=O)[O-])cc2)cc1. The number of ketones is 1. The standard InChI is InChI=1S/C19H20N2O5/c22-17-9-10-20(11-17)12-19(23)15-3-7-18(8-4-15)26-13-14-1-5-16(6-2-14)21(24)25/h1-8,17,22H,9-13H2. The number of Topliss-reactive ketones (excluding diaryl/α,β-unsaturated/α-hetero) is 1. The maximum atomic E-state index is 12.3. The summed E-state index contributed by atoms with van der Waals surface area (Å²) in [5.74, 6) is 0.637. The molecule has 0 radical (unpaired) electrons. The number of aliphatic hydroxyl groups is 1. The van der Waals surface area contributed by atoms with Crippen molar-refractivity contribution in [1.29, 1.82) is 0 Å². The molecule has 1 N–H and O–H groups in total. The molecule has 0 amide bonds. The van der Waals surface area contributed by atoms with Crippen molar-refractivity contribution in [3.05, 3.63) is 69.8 Å². The molecule has 2 aromatic rings. The predicted octanol–water partition coefficient (Wildman–Crippen LogP) is 2.42. The zero-order valence-corrected chi connectivity index (χ0v) is 14.2. The van der Waals surface area contributed by atoms with Crippen molar-refractivity contribution in [3.63, 3.8) is 0 Å². The molecule has 1 fully saturated rings. The molecule has 0 saturated carbocycles. The molecule has 7 nitrogen and oxygen atoms in total. The Bertz CT molecular complexity index is 774. The van der Waals surface area contributed by atoms with E-state index in [9.17, 15) is 20.0 Å². The molecule has 0 aromatic heterocycles. The largest absolute Gasteiger partial charge is 0.489 e. The maximum absolute atomic E-state index is 12.3. The molecule has 1 aliphatic rings. The zero-order chi connectivity index (χ0) is 18.5. The Hall–Kier alpha value is -2.77. The van der Waals surface area contributed by atoms with Gasteiger partial charge in [-0.3, -0.25) is 19.8 Å². The van der Waals surface area contributed by atoms with Crippen LogP contribution in [0.1, 0.15) is 22.3 Å². The highest BCUT2D eigenvalue weighted by Crippen LogP contribution is 2.17. The molecule has 3 rings (SSSR count). The van der Waals surface area contributed by atoms with E-state index in [-0.39, 0.29) is 24.2 Å². The number of β-amino-alcohol motifs (C(OH)–C–C–N with tert-alkyl or cyclic N) is 1. The summed E-state index contributed by atoms with van der Waals surface area (Å²) >= 11 is 0. The molecule has 136 valence electrons. The number of likely N-dealkylation sites (tertiary alicyclic amines) is 1. The maximum Gasteiger partial charge on any atom is 0.269 e. The quantitative estimate of drug-likeness (QED) is 0.465. The number of hydrogen-bond donors (Lipinski definition) is 1. The van der Waals surface area contributed by atoms with Crippen molar-refractivity contribution < 1.29 is 19.6 Å². The number of nitro groups is 1. The van der Waals surface area contributed by atoms with Gasteiger partial charge in [0, 0.05) is 30.8 Å². The van der Waals surface area contributed by atoms with Crippen LogP contribution in [0.4, 0.5) is 5.69 Å². The smallest absolute Gasteiger partial charge is 0.269 e. The number of rotatable bonds is 7. The molecule has 2 aromatic carbocycles. The van der Waals surface area contributed by atoms with Gasteiger partial charge in [-0.1, -0.05) is 0 Å². The topological polar surface area (TPSA) is 92.9 Å². The third kappa shape index (κ3) is 4.65. The minimum absolute atomic E-state index is 0.0148. The lowest BCUT2D eigenvalue weighted by Crippen LogP contribution is -2.28. The summed E-state index contributed by atoms with van der Waals surface area (Å²) in [6.45, 7) is 1.88. The van der Waals surface area contributed by atoms with Gasteiger partial charge in [-0.2, -0.15) is 0 Å². The lowest BCUT2D eigenvalue weighted by Gasteiger charge is -2.13. The molecule has 1 saturated heterocycles. The Labute approximate surface area is 151 Å². The molecular formula is C19H20N2O5. The van der Waals surface area contributed by atoms with Gasteiger partial charge < -0.3 is 9.84 Å². The van der Waals surface area contributed by atoms with E-state index >= 15 is 0 Å². The fourth-order valence-electron chi connectivity index (χ4n) is 2.87. The first-order valence-corrected chi connectivity index (χ1v) is 8.41. The summed E-state index contributed by atoms with van der Waals surface area (Å²) in [6.07, 6.45) is 0.376. The minimum Gasteiger partial charge on any atom is -0.489 e. The molecule has 7 heteroatoms. The third-order valence-electron chi connectivity index (χ3n) is 4.34. The number of hydrogen-bond acceptors (Lipinski definition) is 6. The van der Waals surface area contributed by atoms with Gasteiger partial charge in [-0.25, -0.2) is 0 Å². The van der Waals surface area contributed by atoms with Gasteiger partial charge in [0.2, 0.25) is 0 Å². The normalized spacial score (nSPS) is 17.2. The van der Waals surface area contributed by atoms with Crippen LogP contribution in [0.2, 0.25) is 0 Å². The van der Waals surface area contributed by atoms with E-state index in [2.05, 4.69) is 0 Å². The Morgan fingerprint density at radius 3 is 2.46 bits per heavy atom. The second-order valence-electron chi connectivity index (χ2n) is 6.34. The first kappa shape index (κ1) is 18.0. The summed E-state index contributed by atoms with van der Waals surface area (Å²) in [6, 6.07) is 13.1. The van der Waals surface area contributed by atoms with E-state index in [4.69, 9.17) is 4.74 Å². The summed E-state index contributed by atoms with van der Waals surface area (Å²) in [5.41, 5.74) is 1.47. The fourth-order valence-corrected chi connectivity index (χ4v) is 2.87. The van der Waals surface area contributed by atoms with E-state index in [1.165, 1.54) is 12.1 Å². The minimum atomic E-state index is -0.441. The van der Waals surface area contributed by atoms with Crippen molar-refractivity contribution in [2.24, 2.45) is 0 Å². The Morgan fingerprint density at radius 2 is 1.88 bits per heavy atom. The van der Waals surface area contributed by atoms with Crippen LogP contribution in [0.25, 0.3) is 0 Å². The molecule has 0 spiro atoms. The number of carbonyl (C=O) groups excluding carboxylic acids is 1.